The molecule has 34 heavy (non-hydrogen) atoms. The number of sulfonamides is 1. The molecular weight excluding hydrogens is 468 g/mol. The van der Waals surface area contributed by atoms with E-state index < -0.39 is 47.0 Å². The molecule has 11 nitrogen and oxygen atoms in total. The maximum atomic E-state index is 12.1. The molecule has 0 heterocycles. The standard InChI is InChI=1S/C22H22N2O9S/c1-31-21(27)16-10-17(22(28)32-2)12-18(11-16)24-19(25)14-33-20(26)13-23-34(29,30)9-8-15-6-4-3-5-7-15/h3-12,23H,13-14H2,1-2H3,(H,24,25)/b9-8+. The smallest absolute Gasteiger partial charge is 0.337 e. The first kappa shape index (κ1) is 26.2. The molecule has 12 heteroatoms. The Morgan fingerprint density at radius 2 is 1.50 bits per heavy atom. The Balaban J connectivity index is 1.91. The van der Waals surface area contributed by atoms with Crippen LogP contribution in [0.1, 0.15) is 26.3 Å². The molecule has 2 aromatic carbocycles. The van der Waals surface area contributed by atoms with E-state index >= 15 is 0 Å². The molecule has 0 aliphatic heterocycles. The van der Waals surface area contributed by atoms with E-state index in [2.05, 4.69) is 14.8 Å². The van der Waals surface area contributed by atoms with E-state index in [4.69, 9.17) is 4.74 Å². The number of carbonyl (C=O) groups excluding carboxylic acids is 4. The van der Waals surface area contributed by atoms with Crippen LogP contribution >= 0.6 is 0 Å². The third kappa shape index (κ3) is 8.48. The zero-order valence-electron chi connectivity index (χ0n) is 18.3. The van der Waals surface area contributed by atoms with Crippen molar-refractivity contribution in [3.8, 4) is 0 Å². The van der Waals surface area contributed by atoms with Gasteiger partial charge in [-0.25, -0.2) is 22.7 Å². The summed E-state index contributed by atoms with van der Waals surface area (Å²) >= 11 is 0. The van der Waals surface area contributed by atoms with Crippen LogP contribution in [0.5, 0.6) is 0 Å². The quantitative estimate of drug-likeness (QED) is 0.371. The van der Waals surface area contributed by atoms with Gasteiger partial charge in [0.2, 0.25) is 10.0 Å². The number of amides is 1. The summed E-state index contributed by atoms with van der Waals surface area (Å²) in [5.41, 5.74) is 0.668. The van der Waals surface area contributed by atoms with Gasteiger partial charge in [0.25, 0.3) is 5.91 Å². The van der Waals surface area contributed by atoms with Crippen LogP contribution in [-0.2, 0) is 33.8 Å². The lowest BCUT2D eigenvalue weighted by atomic mass is 10.1. The molecule has 180 valence electrons. The number of rotatable bonds is 10. The zero-order chi connectivity index (χ0) is 25.1. The Morgan fingerprint density at radius 1 is 0.912 bits per heavy atom. The van der Waals surface area contributed by atoms with Crippen molar-refractivity contribution in [3.63, 3.8) is 0 Å². The first-order chi connectivity index (χ1) is 16.1. The van der Waals surface area contributed by atoms with Crippen LogP contribution in [0, 0.1) is 0 Å². The summed E-state index contributed by atoms with van der Waals surface area (Å²) in [4.78, 5) is 47.5. The average molecular weight is 490 g/mol. The second-order valence-electron chi connectivity index (χ2n) is 6.57. The van der Waals surface area contributed by atoms with E-state index in [9.17, 15) is 27.6 Å². The highest BCUT2D eigenvalue weighted by Crippen LogP contribution is 2.17. The van der Waals surface area contributed by atoms with Gasteiger partial charge in [-0.3, -0.25) is 9.59 Å². The van der Waals surface area contributed by atoms with Gasteiger partial charge in [0.05, 0.1) is 25.3 Å². The number of nitrogens with one attached hydrogen (secondary N) is 2. The topological polar surface area (TPSA) is 154 Å². The molecule has 0 saturated carbocycles. The van der Waals surface area contributed by atoms with E-state index in [1.54, 1.807) is 30.3 Å². The van der Waals surface area contributed by atoms with E-state index in [0.717, 1.165) is 19.6 Å². The van der Waals surface area contributed by atoms with E-state index in [-0.39, 0.29) is 16.8 Å². The normalized spacial score (nSPS) is 11.0. The second kappa shape index (κ2) is 12.3. The zero-order valence-corrected chi connectivity index (χ0v) is 19.1. The minimum absolute atomic E-state index is 0.0179. The first-order valence-electron chi connectivity index (χ1n) is 9.63. The number of benzene rings is 2. The highest BCUT2D eigenvalue weighted by molar-refractivity contribution is 7.92. The number of ether oxygens (including phenoxy) is 3. The van der Waals surface area contributed by atoms with Gasteiger partial charge in [0.1, 0.15) is 6.54 Å². The number of hydrogen-bond donors (Lipinski definition) is 2. The summed E-state index contributed by atoms with van der Waals surface area (Å²) in [5.74, 6) is -3.29. The van der Waals surface area contributed by atoms with Gasteiger partial charge >= 0.3 is 17.9 Å². The molecule has 2 N–H and O–H groups in total. The van der Waals surface area contributed by atoms with Gasteiger partial charge in [0, 0.05) is 11.1 Å². The molecule has 1 amide bonds. The summed E-state index contributed by atoms with van der Waals surface area (Å²) in [7, 11) is -1.61. The van der Waals surface area contributed by atoms with Crippen molar-refractivity contribution in [1.29, 1.82) is 0 Å². The van der Waals surface area contributed by atoms with Gasteiger partial charge in [-0.15, -0.1) is 0 Å². The maximum Gasteiger partial charge on any atom is 0.337 e. The van der Waals surface area contributed by atoms with Crippen LogP contribution in [-0.4, -0.2) is 59.6 Å². The highest BCUT2D eigenvalue weighted by atomic mass is 32.2. The van der Waals surface area contributed by atoms with Crippen molar-refractivity contribution in [2.75, 3.05) is 32.7 Å². The summed E-state index contributed by atoms with van der Waals surface area (Å²) in [6.07, 6.45) is 1.35. The maximum absolute atomic E-state index is 12.1. The Kier molecular flexibility index (Phi) is 9.47. The van der Waals surface area contributed by atoms with Gasteiger partial charge in [-0.2, -0.15) is 0 Å². The molecule has 0 atom stereocenters. The molecule has 0 fully saturated rings. The lowest BCUT2D eigenvalue weighted by Gasteiger charge is -2.10. The molecule has 0 aliphatic carbocycles. The van der Waals surface area contributed by atoms with Gasteiger partial charge in [-0.05, 0) is 29.8 Å². The van der Waals surface area contributed by atoms with Gasteiger partial charge in [-0.1, -0.05) is 30.3 Å². The molecule has 0 aromatic heterocycles. The first-order valence-corrected chi connectivity index (χ1v) is 11.2. The largest absolute Gasteiger partial charge is 0.465 e. The summed E-state index contributed by atoms with van der Waals surface area (Å²) in [5, 5.41) is 3.26. The van der Waals surface area contributed by atoms with Crippen molar-refractivity contribution in [1.82, 2.24) is 4.72 Å². The SMILES string of the molecule is COC(=O)c1cc(NC(=O)COC(=O)CNS(=O)(=O)/C=C/c2ccccc2)cc(C(=O)OC)c1. The minimum atomic E-state index is -3.91. The Morgan fingerprint density at radius 3 is 2.06 bits per heavy atom. The van der Waals surface area contributed by atoms with Crippen molar-refractivity contribution >= 4 is 45.6 Å². The molecule has 0 spiro atoms. The predicted molar refractivity (Wildman–Crippen MR) is 121 cm³/mol. The fraction of sp³-hybridized carbons (Fsp3) is 0.182. The van der Waals surface area contributed by atoms with Crippen LogP contribution in [0.2, 0.25) is 0 Å². The minimum Gasteiger partial charge on any atom is -0.465 e. The Labute approximate surface area is 195 Å². The van der Waals surface area contributed by atoms with E-state index in [1.165, 1.54) is 24.3 Å². The van der Waals surface area contributed by atoms with Crippen LogP contribution in [0.3, 0.4) is 0 Å². The molecule has 0 aliphatic rings. The van der Waals surface area contributed by atoms with Crippen LogP contribution in [0.4, 0.5) is 5.69 Å². The Bertz CT molecular complexity index is 1160. The summed E-state index contributed by atoms with van der Waals surface area (Å²) in [6, 6.07) is 12.4. The molecular formula is C22H22N2O9S. The van der Waals surface area contributed by atoms with Gasteiger partial charge < -0.3 is 19.5 Å². The fourth-order valence-corrected chi connectivity index (χ4v) is 3.26. The number of hydrogen-bond acceptors (Lipinski definition) is 9. The predicted octanol–water partition coefficient (Wildman–Crippen LogP) is 1.33. The third-order valence-corrected chi connectivity index (χ3v) is 5.12. The number of carbonyl (C=O) groups is 4. The van der Waals surface area contributed by atoms with Crippen molar-refractivity contribution in [3.05, 3.63) is 70.6 Å². The summed E-state index contributed by atoms with van der Waals surface area (Å²) < 4.78 is 39.9. The number of methoxy groups -OCH3 is 2. The third-order valence-electron chi connectivity index (χ3n) is 4.08. The number of anilines is 1. The molecule has 0 radical (unpaired) electrons. The highest BCUT2D eigenvalue weighted by Gasteiger charge is 2.16. The molecule has 0 saturated heterocycles. The fourth-order valence-electron chi connectivity index (χ4n) is 2.51. The molecule has 2 rings (SSSR count). The van der Waals surface area contributed by atoms with E-state index in [0.29, 0.717) is 5.56 Å². The van der Waals surface area contributed by atoms with Crippen LogP contribution in [0.25, 0.3) is 6.08 Å². The van der Waals surface area contributed by atoms with Crippen molar-refractivity contribution in [2.45, 2.75) is 0 Å². The molecule has 0 bridgehead atoms. The lowest BCUT2D eigenvalue weighted by molar-refractivity contribution is -0.146. The number of esters is 3. The summed E-state index contributed by atoms with van der Waals surface area (Å²) in [6.45, 7) is -1.44. The molecule has 0 unspecified atom stereocenters. The van der Waals surface area contributed by atoms with Crippen molar-refractivity contribution < 1.29 is 41.8 Å². The van der Waals surface area contributed by atoms with Crippen molar-refractivity contribution in [2.24, 2.45) is 0 Å². The van der Waals surface area contributed by atoms with Gasteiger partial charge in [0.15, 0.2) is 6.61 Å². The van der Waals surface area contributed by atoms with Crippen LogP contribution in [0.15, 0.2) is 53.9 Å². The monoisotopic (exact) mass is 490 g/mol. The van der Waals surface area contributed by atoms with Crippen LogP contribution < -0.4 is 10.0 Å². The average Bonchev–Trinajstić information content (AvgIpc) is 2.84. The molecule has 2 aromatic rings. The second-order valence-corrected chi connectivity index (χ2v) is 8.22. The lowest BCUT2D eigenvalue weighted by Crippen LogP contribution is -2.31. The Hall–Kier alpha value is -4.03. The van der Waals surface area contributed by atoms with E-state index in [1.807, 2.05) is 4.72 Å².